The summed E-state index contributed by atoms with van der Waals surface area (Å²) in [5, 5.41) is 19.2. The van der Waals surface area contributed by atoms with E-state index < -0.39 is 5.41 Å². The van der Waals surface area contributed by atoms with E-state index in [9.17, 15) is 20.1 Å². The predicted molar refractivity (Wildman–Crippen MR) is 135 cm³/mol. The number of nitriles is 2. The smallest absolute Gasteiger partial charge is 0.178 e. The van der Waals surface area contributed by atoms with Crippen molar-refractivity contribution < 1.29 is 9.59 Å². The minimum absolute atomic E-state index is 0.0107. The zero-order valence-corrected chi connectivity index (χ0v) is 22.4. The number of fused-ring (bicyclic) bond motifs is 7. The van der Waals surface area contributed by atoms with Gasteiger partial charge in [0, 0.05) is 24.2 Å². The molecule has 0 aromatic rings. The van der Waals surface area contributed by atoms with Gasteiger partial charge in [-0.05, 0) is 84.4 Å². The molecular weight excluding hydrogens is 432 g/mol. The molecule has 4 heteroatoms. The third-order valence-corrected chi connectivity index (χ3v) is 12.7. The maximum atomic E-state index is 14.3. The van der Waals surface area contributed by atoms with E-state index in [1.165, 1.54) is 19.3 Å². The van der Waals surface area contributed by atoms with Crippen molar-refractivity contribution in [1.29, 1.82) is 10.5 Å². The van der Waals surface area contributed by atoms with Gasteiger partial charge in [-0.25, -0.2) is 0 Å². The third-order valence-electron chi connectivity index (χ3n) is 12.7. The molecule has 0 bridgehead atoms. The lowest BCUT2D eigenvalue weighted by Gasteiger charge is -2.71. The lowest BCUT2D eigenvalue weighted by molar-refractivity contribution is -0.219. The highest BCUT2D eigenvalue weighted by Crippen LogP contribution is 2.75. The molecule has 5 aliphatic rings. The van der Waals surface area contributed by atoms with E-state index in [2.05, 4.69) is 32.9 Å². The molecule has 0 radical (unpaired) electrons. The van der Waals surface area contributed by atoms with E-state index >= 15 is 0 Å². The van der Waals surface area contributed by atoms with E-state index in [0.717, 1.165) is 38.5 Å². The van der Waals surface area contributed by atoms with Gasteiger partial charge in [0.1, 0.15) is 11.9 Å². The second kappa shape index (κ2) is 7.78. The molecule has 0 amide bonds. The van der Waals surface area contributed by atoms with Crippen LogP contribution in [0.4, 0.5) is 0 Å². The number of carbonyl (C=O) groups excluding carboxylic acids is 2. The number of hydrogen-bond donors (Lipinski definition) is 0. The molecule has 0 saturated heterocycles. The fourth-order valence-corrected chi connectivity index (χ4v) is 10.9. The SMILES string of the molecule is CC1(C)C(=O)C(C#N)=C[C@]2(C)[C@H]3CC(=O)C4C5CCCC[C@]5(CCC#N)CC[C@@]4(C)[C@]3(C)CC[C@@H]12. The number of rotatable bonds is 2. The van der Waals surface area contributed by atoms with Gasteiger partial charge in [0.25, 0.3) is 0 Å². The van der Waals surface area contributed by atoms with Gasteiger partial charge in [0.2, 0.25) is 0 Å². The molecule has 0 aliphatic heterocycles. The maximum absolute atomic E-state index is 14.3. The Kier molecular flexibility index (Phi) is 5.50. The summed E-state index contributed by atoms with van der Waals surface area (Å²) >= 11 is 0. The van der Waals surface area contributed by atoms with Crippen LogP contribution in [0.5, 0.6) is 0 Å². The highest BCUT2D eigenvalue weighted by Gasteiger charge is 2.71. The van der Waals surface area contributed by atoms with Gasteiger partial charge >= 0.3 is 0 Å². The van der Waals surface area contributed by atoms with E-state index in [4.69, 9.17) is 0 Å². The van der Waals surface area contributed by atoms with Crippen LogP contribution in [0.25, 0.3) is 0 Å². The highest BCUT2D eigenvalue weighted by atomic mass is 16.1. The molecular formula is C31H42N2O2. The van der Waals surface area contributed by atoms with Crippen LogP contribution in [0.15, 0.2) is 11.6 Å². The van der Waals surface area contributed by atoms with Gasteiger partial charge in [0.15, 0.2) is 5.78 Å². The summed E-state index contributed by atoms with van der Waals surface area (Å²) in [6.45, 7) is 11.2. The molecule has 35 heavy (non-hydrogen) atoms. The van der Waals surface area contributed by atoms with Gasteiger partial charge in [-0.1, -0.05) is 53.5 Å². The number of carbonyl (C=O) groups is 2. The van der Waals surface area contributed by atoms with Crippen molar-refractivity contribution in [2.24, 2.45) is 50.7 Å². The molecule has 4 fully saturated rings. The summed E-state index contributed by atoms with van der Waals surface area (Å²) in [7, 11) is 0. The summed E-state index contributed by atoms with van der Waals surface area (Å²) in [6.07, 6.45) is 13.0. The second-order valence-corrected chi connectivity index (χ2v) is 14.1. The molecule has 188 valence electrons. The topological polar surface area (TPSA) is 81.7 Å². The van der Waals surface area contributed by atoms with E-state index in [1.807, 2.05) is 19.9 Å². The summed E-state index contributed by atoms with van der Waals surface area (Å²) < 4.78 is 0. The molecule has 5 rings (SSSR count). The van der Waals surface area contributed by atoms with Gasteiger partial charge in [0.05, 0.1) is 11.6 Å². The van der Waals surface area contributed by atoms with Crippen molar-refractivity contribution in [1.82, 2.24) is 0 Å². The van der Waals surface area contributed by atoms with Crippen molar-refractivity contribution in [2.45, 2.75) is 105 Å². The molecule has 4 saturated carbocycles. The Bertz CT molecular complexity index is 1070. The number of Topliss-reactive ketones (excluding diaryl/α,β-unsaturated/α-hetero) is 2. The first-order valence-electron chi connectivity index (χ1n) is 14.0. The number of hydrogen-bond acceptors (Lipinski definition) is 4. The Morgan fingerprint density at radius 3 is 2.34 bits per heavy atom. The average Bonchev–Trinajstić information content (AvgIpc) is 2.82. The molecule has 2 unspecified atom stereocenters. The van der Waals surface area contributed by atoms with E-state index in [1.54, 1.807) is 0 Å². The Labute approximate surface area is 211 Å². The quantitative estimate of drug-likeness (QED) is 0.433. The van der Waals surface area contributed by atoms with Crippen LogP contribution >= 0.6 is 0 Å². The summed E-state index contributed by atoms with van der Waals surface area (Å²) in [6, 6.07) is 4.61. The largest absolute Gasteiger partial charge is 0.299 e. The van der Waals surface area contributed by atoms with Crippen LogP contribution in [-0.2, 0) is 9.59 Å². The maximum Gasteiger partial charge on any atom is 0.178 e. The fraction of sp³-hybridized carbons (Fsp3) is 0.806. The van der Waals surface area contributed by atoms with Crippen LogP contribution < -0.4 is 0 Å². The van der Waals surface area contributed by atoms with Crippen molar-refractivity contribution in [3.05, 3.63) is 11.6 Å². The van der Waals surface area contributed by atoms with Crippen molar-refractivity contribution in [3.63, 3.8) is 0 Å². The normalized spacial score (nSPS) is 48.3. The standard InChI is InChI=1S/C31H42N2O2/c1-27(2)23-10-13-29(4)24(28(23,3)18-20(19-33)26(27)35)17-22(34)25-21-9-6-7-11-31(21,12-8-16-32)15-14-30(25,29)5/h18,21,23-25H,6-15,17H2,1-5H3/t21?,23-,24+,25?,28-,29+,30+,31-/m0/s1. The molecule has 4 nitrogen and oxygen atoms in total. The van der Waals surface area contributed by atoms with Crippen LogP contribution in [0.3, 0.4) is 0 Å². The van der Waals surface area contributed by atoms with Crippen molar-refractivity contribution in [2.75, 3.05) is 0 Å². The molecule has 0 aromatic carbocycles. The van der Waals surface area contributed by atoms with Crippen LogP contribution in [0, 0.1) is 73.4 Å². The summed E-state index contributed by atoms with van der Waals surface area (Å²) in [5.41, 5.74) is -0.552. The molecule has 0 spiro atoms. The van der Waals surface area contributed by atoms with Gasteiger partial charge < -0.3 is 0 Å². The minimum Gasteiger partial charge on any atom is -0.299 e. The van der Waals surface area contributed by atoms with Gasteiger partial charge in [-0.3, -0.25) is 9.59 Å². The third kappa shape index (κ3) is 3.01. The van der Waals surface area contributed by atoms with Crippen LogP contribution in [0.2, 0.25) is 0 Å². The Morgan fingerprint density at radius 1 is 0.914 bits per heavy atom. The first-order chi connectivity index (χ1) is 16.4. The molecule has 0 N–H and O–H groups in total. The molecule has 0 heterocycles. The van der Waals surface area contributed by atoms with E-state index in [0.29, 0.717) is 30.1 Å². The molecule has 8 atom stereocenters. The fourth-order valence-electron chi connectivity index (χ4n) is 10.9. The first-order valence-corrected chi connectivity index (χ1v) is 14.0. The number of nitrogens with zero attached hydrogens (tertiary/aromatic N) is 2. The zero-order valence-electron chi connectivity index (χ0n) is 22.4. The van der Waals surface area contributed by atoms with Crippen LogP contribution in [-0.4, -0.2) is 11.6 Å². The van der Waals surface area contributed by atoms with Crippen molar-refractivity contribution >= 4 is 11.6 Å². The predicted octanol–water partition coefficient (Wildman–Crippen LogP) is 6.95. The number of allylic oxidation sites excluding steroid dienone is 2. The highest BCUT2D eigenvalue weighted by molar-refractivity contribution is 6.04. The Balaban J connectivity index is 1.61. The van der Waals surface area contributed by atoms with Crippen LogP contribution in [0.1, 0.15) is 105 Å². The second-order valence-electron chi connectivity index (χ2n) is 14.1. The average molecular weight is 475 g/mol. The monoisotopic (exact) mass is 474 g/mol. The summed E-state index contributed by atoms with van der Waals surface area (Å²) in [5.74, 6) is 1.17. The molecule has 0 aromatic heterocycles. The minimum atomic E-state index is -0.584. The van der Waals surface area contributed by atoms with Gasteiger partial charge in [-0.15, -0.1) is 0 Å². The lowest BCUT2D eigenvalue weighted by atomic mass is 9.32. The Morgan fingerprint density at radius 2 is 1.66 bits per heavy atom. The van der Waals surface area contributed by atoms with E-state index in [-0.39, 0.29) is 45.2 Å². The van der Waals surface area contributed by atoms with Crippen molar-refractivity contribution in [3.8, 4) is 12.1 Å². The number of ketones is 2. The molecule has 5 aliphatic carbocycles. The first kappa shape index (κ1) is 24.7. The lowest BCUT2D eigenvalue weighted by Crippen LogP contribution is -2.68. The zero-order chi connectivity index (χ0) is 25.4. The van der Waals surface area contributed by atoms with Gasteiger partial charge in [-0.2, -0.15) is 10.5 Å². The summed E-state index contributed by atoms with van der Waals surface area (Å²) in [4.78, 5) is 27.4. The Hall–Kier alpha value is -1.94.